The number of imidazole rings is 1. The Morgan fingerprint density at radius 2 is 1.29 bits per heavy atom. The van der Waals surface area contributed by atoms with E-state index < -0.39 is 9.85 Å². The molecule has 1 heterocycles. The van der Waals surface area contributed by atoms with Gasteiger partial charge in [0, 0.05) is 42.4 Å². The third-order valence-electron chi connectivity index (χ3n) is 3.70. The monoisotopic (exact) mass is 324 g/mol. The van der Waals surface area contributed by atoms with E-state index >= 15 is 0 Å². The summed E-state index contributed by atoms with van der Waals surface area (Å²) < 4.78 is 1.84. The van der Waals surface area contributed by atoms with E-state index in [4.69, 9.17) is 0 Å². The van der Waals surface area contributed by atoms with Crippen LogP contribution in [0.2, 0.25) is 0 Å². The SMILES string of the molecule is Cn1c(-c2ccc([N+](=O)[O-])cc2)cnc1-c1ccc([N+](=O)[O-])cc1. The molecule has 0 aliphatic heterocycles. The van der Waals surface area contributed by atoms with Crippen molar-refractivity contribution in [3.05, 3.63) is 75.0 Å². The van der Waals surface area contributed by atoms with Crippen LogP contribution in [0.1, 0.15) is 0 Å². The lowest BCUT2D eigenvalue weighted by Crippen LogP contribution is -1.96. The fourth-order valence-corrected chi connectivity index (χ4v) is 2.43. The molecular weight excluding hydrogens is 312 g/mol. The average molecular weight is 324 g/mol. The van der Waals surface area contributed by atoms with Crippen molar-refractivity contribution in [1.29, 1.82) is 0 Å². The summed E-state index contributed by atoms with van der Waals surface area (Å²) in [4.78, 5) is 24.9. The van der Waals surface area contributed by atoms with E-state index in [1.54, 1.807) is 30.5 Å². The van der Waals surface area contributed by atoms with Gasteiger partial charge in [-0.05, 0) is 24.3 Å². The fourth-order valence-electron chi connectivity index (χ4n) is 2.43. The van der Waals surface area contributed by atoms with E-state index in [9.17, 15) is 20.2 Å². The molecule has 0 atom stereocenters. The van der Waals surface area contributed by atoms with Crippen LogP contribution in [0.25, 0.3) is 22.6 Å². The second-order valence-corrected chi connectivity index (χ2v) is 5.13. The summed E-state index contributed by atoms with van der Waals surface area (Å²) in [5, 5.41) is 21.4. The summed E-state index contributed by atoms with van der Waals surface area (Å²) >= 11 is 0. The molecule has 0 radical (unpaired) electrons. The third-order valence-corrected chi connectivity index (χ3v) is 3.70. The van der Waals surface area contributed by atoms with Gasteiger partial charge in [-0.2, -0.15) is 0 Å². The van der Waals surface area contributed by atoms with Gasteiger partial charge in [-0.1, -0.05) is 0 Å². The van der Waals surface area contributed by atoms with Crippen LogP contribution in [-0.4, -0.2) is 19.4 Å². The highest BCUT2D eigenvalue weighted by Crippen LogP contribution is 2.27. The molecule has 8 heteroatoms. The van der Waals surface area contributed by atoms with Gasteiger partial charge >= 0.3 is 0 Å². The first-order valence-electron chi connectivity index (χ1n) is 6.99. The zero-order chi connectivity index (χ0) is 17.3. The van der Waals surface area contributed by atoms with Crippen LogP contribution in [0.3, 0.4) is 0 Å². The first-order chi connectivity index (χ1) is 11.5. The van der Waals surface area contributed by atoms with Crippen LogP contribution in [0.15, 0.2) is 54.7 Å². The van der Waals surface area contributed by atoms with E-state index in [1.165, 1.54) is 24.3 Å². The van der Waals surface area contributed by atoms with Crippen molar-refractivity contribution in [3.8, 4) is 22.6 Å². The second kappa shape index (κ2) is 5.92. The minimum absolute atomic E-state index is 0.0172. The molecule has 0 bridgehead atoms. The number of nitro groups is 2. The van der Waals surface area contributed by atoms with Crippen molar-refractivity contribution in [3.63, 3.8) is 0 Å². The fraction of sp³-hybridized carbons (Fsp3) is 0.0625. The molecule has 3 aromatic rings. The number of hydrogen-bond donors (Lipinski definition) is 0. The minimum atomic E-state index is -0.454. The number of nitro benzene ring substituents is 2. The Balaban J connectivity index is 1.96. The highest BCUT2D eigenvalue weighted by Gasteiger charge is 2.13. The predicted molar refractivity (Wildman–Crippen MR) is 87.4 cm³/mol. The second-order valence-electron chi connectivity index (χ2n) is 5.13. The topological polar surface area (TPSA) is 104 Å². The molecule has 0 spiro atoms. The van der Waals surface area contributed by atoms with Gasteiger partial charge in [-0.15, -0.1) is 0 Å². The van der Waals surface area contributed by atoms with Gasteiger partial charge in [0.2, 0.25) is 0 Å². The third kappa shape index (κ3) is 2.72. The van der Waals surface area contributed by atoms with Gasteiger partial charge in [0.25, 0.3) is 11.4 Å². The number of benzene rings is 2. The Bertz CT molecular complexity index is 839. The van der Waals surface area contributed by atoms with E-state index in [0.29, 0.717) is 5.82 Å². The Kier molecular flexibility index (Phi) is 3.78. The standard InChI is InChI=1S/C16H12N4O4/c1-18-15(11-2-6-13(7-3-11)19(21)22)10-17-16(18)12-4-8-14(9-5-12)20(23)24/h2-10H,1H3. The molecule has 120 valence electrons. The van der Waals surface area contributed by atoms with Crippen molar-refractivity contribution < 1.29 is 9.85 Å². The van der Waals surface area contributed by atoms with Gasteiger partial charge < -0.3 is 4.57 Å². The number of aromatic nitrogens is 2. The summed E-state index contributed by atoms with van der Waals surface area (Å²) in [6.45, 7) is 0. The van der Waals surface area contributed by atoms with Crippen LogP contribution < -0.4 is 0 Å². The number of hydrogen-bond acceptors (Lipinski definition) is 5. The Labute approximate surface area is 136 Å². The molecule has 8 nitrogen and oxygen atoms in total. The smallest absolute Gasteiger partial charge is 0.269 e. The van der Waals surface area contributed by atoms with Gasteiger partial charge in [0.05, 0.1) is 21.7 Å². The van der Waals surface area contributed by atoms with E-state index in [-0.39, 0.29) is 11.4 Å². The van der Waals surface area contributed by atoms with Gasteiger partial charge in [0.1, 0.15) is 5.82 Å². The summed E-state index contributed by atoms with van der Waals surface area (Å²) in [6, 6.07) is 12.3. The maximum Gasteiger partial charge on any atom is 0.269 e. The van der Waals surface area contributed by atoms with Crippen molar-refractivity contribution in [2.45, 2.75) is 0 Å². The first kappa shape index (κ1) is 15.3. The normalized spacial score (nSPS) is 10.5. The van der Waals surface area contributed by atoms with Crippen molar-refractivity contribution >= 4 is 11.4 Å². The van der Waals surface area contributed by atoms with Crippen LogP contribution >= 0.6 is 0 Å². The summed E-state index contributed by atoms with van der Waals surface area (Å²) in [5.41, 5.74) is 2.37. The molecule has 0 aliphatic carbocycles. The van der Waals surface area contributed by atoms with Crippen LogP contribution in [0.4, 0.5) is 11.4 Å². The quantitative estimate of drug-likeness (QED) is 0.539. The highest BCUT2D eigenvalue weighted by molar-refractivity contribution is 5.67. The Morgan fingerprint density at radius 3 is 1.75 bits per heavy atom. The molecule has 2 aromatic carbocycles. The molecule has 0 aliphatic rings. The summed E-state index contributed by atoms with van der Waals surface area (Å²) in [5.74, 6) is 0.651. The lowest BCUT2D eigenvalue weighted by atomic mass is 10.1. The molecule has 0 saturated heterocycles. The van der Waals surface area contributed by atoms with Crippen LogP contribution in [0.5, 0.6) is 0 Å². The zero-order valence-electron chi connectivity index (χ0n) is 12.6. The van der Waals surface area contributed by atoms with Crippen LogP contribution in [0, 0.1) is 20.2 Å². The zero-order valence-corrected chi connectivity index (χ0v) is 12.6. The van der Waals surface area contributed by atoms with Gasteiger partial charge in [-0.25, -0.2) is 4.98 Å². The largest absolute Gasteiger partial charge is 0.327 e. The summed E-state index contributed by atoms with van der Waals surface area (Å²) in [7, 11) is 1.82. The highest BCUT2D eigenvalue weighted by atomic mass is 16.6. The maximum absolute atomic E-state index is 10.7. The molecule has 0 N–H and O–H groups in total. The Morgan fingerprint density at radius 1 is 0.833 bits per heavy atom. The van der Waals surface area contributed by atoms with E-state index in [1.807, 2.05) is 11.6 Å². The molecular formula is C16H12N4O4. The minimum Gasteiger partial charge on any atom is -0.327 e. The molecule has 0 unspecified atom stereocenters. The molecule has 0 amide bonds. The predicted octanol–water partition coefficient (Wildman–Crippen LogP) is 3.57. The molecule has 3 rings (SSSR count). The molecule has 0 fully saturated rings. The number of rotatable bonds is 4. The molecule has 0 saturated carbocycles. The van der Waals surface area contributed by atoms with Crippen LogP contribution in [-0.2, 0) is 7.05 Å². The number of non-ortho nitro benzene ring substituents is 2. The van der Waals surface area contributed by atoms with E-state index in [2.05, 4.69) is 4.98 Å². The van der Waals surface area contributed by atoms with Gasteiger partial charge in [0.15, 0.2) is 0 Å². The first-order valence-corrected chi connectivity index (χ1v) is 6.99. The average Bonchev–Trinajstić information content (AvgIpc) is 2.96. The molecule has 24 heavy (non-hydrogen) atoms. The van der Waals surface area contributed by atoms with Gasteiger partial charge in [-0.3, -0.25) is 20.2 Å². The van der Waals surface area contributed by atoms with Crippen molar-refractivity contribution in [2.75, 3.05) is 0 Å². The maximum atomic E-state index is 10.7. The summed E-state index contributed by atoms with van der Waals surface area (Å²) in [6.07, 6.45) is 1.66. The van der Waals surface area contributed by atoms with Crippen molar-refractivity contribution in [2.24, 2.45) is 7.05 Å². The number of nitrogens with zero attached hydrogens (tertiary/aromatic N) is 4. The lowest BCUT2D eigenvalue weighted by molar-refractivity contribution is -0.385. The van der Waals surface area contributed by atoms with E-state index in [0.717, 1.165) is 16.8 Å². The van der Waals surface area contributed by atoms with Crippen molar-refractivity contribution in [1.82, 2.24) is 9.55 Å². The Hall–Kier alpha value is -3.55. The lowest BCUT2D eigenvalue weighted by Gasteiger charge is -2.06. The molecule has 1 aromatic heterocycles.